The summed E-state index contributed by atoms with van der Waals surface area (Å²) in [6, 6.07) is 4.05. The van der Waals surface area contributed by atoms with Crippen molar-refractivity contribution >= 4 is 5.69 Å². The molecule has 4 heteroatoms. The van der Waals surface area contributed by atoms with Gasteiger partial charge in [0.15, 0.2) is 0 Å². The van der Waals surface area contributed by atoms with Gasteiger partial charge >= 0.3 is 0 Å². The minimum atomic E-state index is 0.699. The molecule has 19 heavy (non-hydrogen) atoms. The molecule has 106 valence electrons. The van der Waals surface area contributed by atoms with Gasteiger partial charge in [-0.05, 0) is 44.2 Å². The fourth-order valence-corrected chi connectivity index (χ4v) is 2.23. The van der Waals surface area contributed by atoms with Gasteiger partial charge in [0.25, 0.3) is 0 Å². The Kier molecular flexibility index (Phi) is 6.11. The van der Waals surface area contributed by atoms with E-state index in [9.17, 15) is 0 Å². The Labute approximate surface area is 115 Å². The second-order valence-electron chi connectivity index (χ2n) is 5.10. The van der Waals surface area contributed by atoms with E-state index in [4.69, 9.17) is 9.47 Å². The molecule has 0 aliphatic carbocycles. The molecule has 0 unspecified atom stereocenters. The number of ether oxygens (including phenoxy) is 2. The molecule has 1 aliphatic rings. The molecule has 1 fully saturated rings. The Balaban J connectivity index is 1.50. The van der Waals surface area contributed by atoms with Crippen LogP contribution in [0.2, 0.25) is 0 Å². The van der Waals surface area contributed by atoms with Crippen molar-refractivity contribution in [3.63, 3.8) is 0 Å². The van der Waals surface area contributed by atoms with Crippen LogP contribution in [0.1, 0.15) is 25.0 Å². The Hall–Kier alpha value is -1.13. The van der Waals surface area contributed by atoms with E-state index in [-0.39, 0.29) is 0 Å². The van der Waals surface area contributed by atoms with E-state index >= 15 is 0 Å². The number of aryl methyl sites for hydroxylation is 1. The highest BCUT2D eigenvalue weighted by molar-refractivity contribution is 5.42. The summed E-state index contributed by atoms with van der Waals surface area (Å²) in [7, 11) is 0. The summed E-state index contributed by atoms with van der Waals surface area (Å²) in [6.07, 6.45) is 5.16. The van der Waals surface area contributed by atoms with Crippen LogP contribution in [-0.4, -0.2) is 38.0 Å². The molecule has 2 heterocycles. The third-order valence-electron chi connectivity index (χ3n) is 3.39. The zero-order chi connectivity index (χ0) is 13.3. The lowest BCUT2D eigenvalue weighted by Crippen LogP contribution is -2.20. The Morgan fingerprint density at radius 2 is 2.26 bits per heavy atom. The smallest absolute Gasteiger partial charge is 0.0495 e. The van der Waals surface area contributed by atoms with Gasteiger partial charge in [0.1, 0.15) is 0 Å². The maximum absolute atomic E-state index is 5.73. The van der Waals surface area contributed by atoms with Gasteiger partial charge in [0.05, 0.1) is 0 Å². The molecule has 0 saturated carbocycles. The molecule has 1 aromatic heterocycles. The lowest BCUT2D eigenvalue weighted by atomic mass is 10.0. The van der Waals surface area contributed by atoms with Gasteiger partial charge in [0, 0.05) is 50.6 Å². The Morgan fingerprint density at radius 3 is 3.05 bits per heavy atom. The summed E-state index contributed by atoms with van der Waals surface area (Å²) in [4.78, 5) is 4.17. The molecule has 1 saturated heterocycles. The van der Waals surface area contributed by atoms with Crippen molar-refractivity contribution in [2.45, 2.75) is 26.2 Å². The van der Waals surface area contributed by atoms with Gasteiger partial charge in [-0.2, -0.15) is 0 Å². The van der Waals surface area contributed by atoms with Crippen molar-refractivity contribution in [2.75, 3.05) is 38.3 Å². The second-order valence-corrected chi connectivity index (χ2v) is 5.10. The third kappa shape index (κ3) is 5.57. The summed E-state index contributed by atoms with van der Waals surface area (Å²) in [5.74, 6) is 0.699. The van der Waals surface area contributed by atoms with E-state index in [0.717, 1.165) is 63.6 Å². The first-order valence-electron chi connectivity index (χ1n) is 7.16. The first-order valence-corrected chi connectivity index (χ1v) is 7.16. The topological polar surface area (TPSA) is 43.4 Å². The molecule has 1 aliphatic heterocycles. The summed E-state index contributed by atoms with van der Waals surface area (Å²) in [6.45, 7) is 6.46. The van der Waals surface area contributed by atoms with Crippen LogP contribution in [0.3, 0.4) is 0 Å². The lowest BCUT2D eigenvalue weighted by molar-refractivity contribution is 0.0206. The monoisotopic (exact) mass is 264 g/mol. The van der Waals surface area contributed by atoms with E-state index in [2.05, 4.69) is 16.4 Å². The normalized spacial score (nSPS) is 16.5. The highest BCUT2D eigenvalue weighted by atomic mass is 16.5. The maximum atomic E-state index is 5.73. The van der Waals surface area contributed by atoms with Crippen molar-refractivity contribution in [3.05, 3.63) is 24.0 Å². The van der Waals surface area contributed by atoms with Crippen molar-refractivity contribution < 1.29 is 9.47 Å². The first-order chi connectivity index (χ1) is 9.34. The number of hydrogen-bond donors (Lipinski definition) is 1. The zero-order valence-electron chi connectivity index (χ0n) is 11.7. The van der Waals surface area contributed by atoms with E-state index in [1.54, 1.807) is 0 Å². The van der Waals surface area contributed by atoms with Crippen LogP contribution < -0.4 is 5.32 Å². The molecule has 0 aromatic carbocycles. The van der Waals surface area contributed by atoms with Crippen LogP contribution in [0.15, 0.2) is 18.3 Å². The summed E-state index contributed by atoms with van der Waals surface area (Å²) in [5.41, 5.74) is 2.18. The van der Waals surface area contributed by atoms with Crippen molar-refractivity contribution in [2.24, 2.45) is 5.92 Å². The van der Waals surface area contributed by atoms with Crippen LogP contribution in [0.5, 0.6) is 0 Å². The van der Waals surface area contributed by atoms with Gasteiger partial charge in [-0.15, -0.1) is 0 Å². The highest BCUT2D eigenvalue weighted by Crippen LogP contribution is 2.14. The predicted molar refractivity (Wildman–Crippen MR) is 76.4 cm³/mol. The molecule has 0 bridgehead atoms. The number of rotatable bonds is 7. The standard InChI is InChI=1S/C15H24N2O2/c1-13-11-15(3-7-16-13)17-6-2-8-19-12-14-4-9-18-10-5-14/h3,7,11,14H,2,4-6,8-10,12H2,1H3,(H,16,17). The second kappa shape index (κ2) is 8.12. The summed E-state index contributed by atoms with van der Waals surface area (Å²) in [5, 5.41) is 3.38. The van der Waals surface area contributed by atoms with Crippen LogP contribution in [-0.2, 0) is 9.47 Å². The quantitative estimate of drug-likeness (QED) is 0.769. The highest BCUT2D eigenvalue weighted by Gasteiger charge is 2.13. The minimum Gasteiger partial charge on any atom is -0.385 e. The molecular weight excluding hydrogens is 240 g/mol. The maximum Gasteiger partial charge on any atom is 0.0495 e. The van der Waals surface area contributed by atoms with Crippen LogP contribution >= 0.6 is 0 Å². The largest absolute Gasteiger partial charge is 0.385 e. The number of hydrogen-bond acceptors (Lipinski definition) is 4. The van der Waals surface area contributed by atoms with Crippen LogP contribution in [0, 0.1) is 12.8 Å². The number of anilines is 1. The molecular formula is C15H24N2O2. The van der Waals surface area contributed by atoms with Crippen molar-refractivity contribution in [1.29, 1.82) is 0 Å². The van der Waals surface area contributed by atoms with E-state index in [0.29, 0.717) is 5.92 Å². The van der Waals surface area contributed by atoms with Gasteiger partial charge in [-0.1, -0.05) is 0 Å². The molecule has 0 spiro atoms. The SMILES string of the molecule is Cc1cc(NCCCOCC2CCOCC2)ccn1. The zero-order valence-corrected chi connectivity index (χ0v) is 11.7. The number of nitrogens with zero attached hydrogens (tertiary/aromatic N) is 1. The van der Waals surface area contributed by atoms with Gasteiger partial charge in [-0.25, -0.2) is 0 Å². The minimum absolute atomic E-state index is 0.699. The summed E-state index contributed by atoms with van der Waals surface area (Å²) >= 11 is 0. The van der Waals surface area contributed by atoms with Crippen LogP contribution in [0.4, 0.5) is 5.69 Å². The van der Waals surface area contributed by atoms with Gasteiger partial charge in [-0.3, -0.25) is 4.98 Å². The fraction of sp³-hybridized carbons (Fsp3) is 0.667. The van der Waals surface area contributed by atoms with E-state index in [1.807, 2.05) is 19.2 Å². The molecule has 2 rings (SSSR count). The third-order valence-corrected chi connectivity index (χ3v) is 3.39. The molecule has 1 N–H and O–H groups in total. The number of aromatic nitrogens is 1. The average Bonchev–Trinajstić information content (AvgIpc) is 2.44. The predicted octanol–water partition coefficient (Wildman–Crippen LogP) is 2.64. The van der Waals surface area contributed by atoms with E-state index < -0.39 is 0 Å². The fourth-order valence-electron chi connectivity index (χ4n) is 2.23. The summed E-state index contributed by atoms with van der Waals surface area (Å²) < 4.78 is 11.1. The van der Waals surface area contributed by atoms with Gasteiger partial charge in [0.2, 0.25) is 0 Å². The Morgan fingerprint density at radius 1 is 1.42 bits per heavy atom. The molecule has 0 amide bonds. The van der Waals surface area contributed by atoms with Crippen LogP contribution in [0.25, 0.3) is 0 Å². The number of nitrogens with one attached hydrogen (secondary N) is 1. The van der Waals surface area contributed by atoms with Crippen molar-refractivity contribution in [3.8, 4) is 0 Å². The molecule has 1 aromatic rings. The first kappa shape index (κ1) is 14.3. The Bertz CT molecular complexity index is 365. The lowest BCUT2D eigenvalue weighted by Gasteiger charge is -2.21. The van der Waals surface area contributed by atoms with Crippen molar-refractivity contribution in [1.82, 2.24) is 4.98 Å². The molecule has 4 nitrogen and oxygen atoms in total. The van der Waals surface area contributed by atoms with E-state index in [1.165, 1.54) is 0 Å². The average molecular weight is 264 g/mol. The molecule has 0 atom stereocenters. The van der Waals surface area contributed by atoms with Gasteiger partial charge < -0.3 is 14.8 Å². The molecule has 0 radical (unpaired) electrons. The number of pyridine rings is 1.